The Morgan fingerprint density at radius 3 is 2.88 bits per heavy atom. The van der Waals surface area contributed by atoms with Gasteiger partial charge in [0, 0.05) is 19.0 Å². The van der Waals surface area contributed by atoms with Gasteiger partial charge >= 0.3 is 0 Å². The van der Waals surface area contributed by atoms with Crippen molar-refractivity contribution in [3.05, 3.63) is 42.2 Å². The Morgan fingerprint density at radius 2 is 2.12 bits per heavy atom. The van der Waals surface area contributed by atoms with E-state index in [1.807, 2.05) is 43.5 Å². The summed E-state index contributed by atoms with van der Waals surface area (Å²) in [6.45, 7) is 5.22. The highest BCUT2D eigenvalue weighted by atomic mass is 16.5. The van der Waals surface area contributed by atoms with Crippen molar-refractivity contribution in [1.29, 1.82) is 0 Å². The molecule has 130 valence electrons. The number of benzene rings is 1. The van der Waals surface area contributed by atoms with E-state index in [0.717, 1.165) is 30.7 Å². The Kier molecular flexibility index (Phi) is 7.26. The summed E-state index contributed by atoms with van der Waals surface area (Å²) in [5.74, 6) is 0.911. The van der Waals surface area contributed by atoms with E-state index < -0.39 is 0 Å². The largest absolute Gasteiger partial charge is 0.487 e. The third-order valence-corrected chi connectivity index (χ3v) is 3.64. The molecule has 0 radical (unpaired) electrons. The first-order valence-corrected chi connectivity index (χ1v) is 8.53. The number of hydrogen-bond acceptors (Lipinski definition) is 4. The van der Waals surface area contributed by atoms with Gasteiger partial charge in [0.1, 0.15) is 18.1 Å². The van der Waals surface area contributed by atoms with E-state index in [0.29, 0.717) is 19.6 Å². The Balaban J connectivity index is 1.67. The van der Waals surface area contributed by atoms with Crippen molar-refractivity contribution in [2.75, 3.05) is 0 Å². The third kappa shape index (κ3) is 6.40. The molecule has 0 bridgehead atoms. The molecule has 0 aliphatic rings. The van der Waals surface area contributed by atoms with E-state index in [9.17, 15) is 4.79 Å². The van der Waals surface area contributed by atoms with Gasteiger partial charge in [-0.05, 0) is 31.9 Å². The molecule has 1 amide bonds. The summed E-state index contributed by atoms with van der Waals surface area (Å²) in [5.41, 5.74) is 0.778. The lowest BCUT2D eigenvalue weighted by Gasteiger charge is -2.12. The van der Waals surface area contributed by atoms with Crippen molar-refractivity contribution >= 4 is 5.91 Å². The van der Waals surface area contributed by atoms with Crippen molar-refractivity contribution in [1.82, 2.24) is 20.3 Å². The molecule has 0 aliphatic heterocycles. The summed E-state index contributed by atoms with van der Waals surface area (Å²) < 4.78 is 7.39. The van der Waals surface area contributed by atoms with Crippen LogP contribution in [0.25, 0.3) is 0 Å². The van der Waals surface area contributed by atoms with Crippen LogP contribution in [0.1, 0.15) is 45.2 Å². The number of para-hydroxylation sites is 1. The van der Waals surface area contributed by atoms with Crippen LogP contribution in [-0.2, 0) is 17.9 Å². The Morgan fingerprint density at radius 1 is 1.33 bits per heavy atom. The monoisotopic (exact) mass is 330 g/mol. The molecule has 0 aliphatic carbocycles. The summed E-state index contributed by atoms with van der Waals surface area (Å²) in [4.78, 5) is 11.8. The predicted octanol–water partition coefficient (Wildman–Crippen LogP) is 2.94. The van der Waals surface area contributed by atoms with Crippen molar-refractivity contribution in [2.45, 2.75) is 58.7 Å². The quantitative estimate of drug-likeness (QED) is 0.727. The fraction of sp³-hybridized carbons (Fsp3) is 0.500. The summed E-state index contributed by atoms with van der Waals surface area (Å²) >= 11 is 0. The van der Waals surface area contributed by atoms with E-state index in [1.165, 1.54) is 0 Å². The molecule has 0 saturated carbocycles. The minimum Gasteiger partial charge on any atom is -0.487 e. The molecule has 6 heteroatoms. The lowest BCUT2D eigenvalue weighted by Crippen LogP contribution is -2.32. The second kappa shape index (κ2) is 9.70. The van der Waals surface area contributed by atoms with E-state index in [1.54, 1.807) is 4.68 Å². The fourth-order valence-electron chi connectivity index (χ4n) is 2.44. The van der Waals surface area contributed by atoms with Gasteiger partial charge in [0.25, 0.3) is 0 Å². The second-order valence-corrected chi connectivity index (χ2v) is 5.94. The highest BCUT2D eigenvalue weighted by Gasteiger charge is 2.07. The summed E-state index contributed by atoms with van der Waals surface area (Å²) in [5, 5.41) is 11.2. The number of amides is 1. The first-order chi connectivity index (χ1) is 11.7. The molecule has 2 rings (SSSR count). The van der Waals surface area contributed by atoms with Crippen molar-refractivity contribution in [2.24, 2.45) is 0 Å². The third-order valence-electron chi connectivity index (χ3n) is 3.64. The lowest BCUT2D eigenvalue weighted by atomic mass is 10.2. The number of aryl methyl sites for hydroxylation is 1. The van der Waals surface area contributed by atoms with Gasteiger partial charge in [0.05, 0.1) is 6.20 Å². The van der Waals surface area contributed by atoms with Crippen LogP contribution in [0.4, 0.5) is 0 Å². The minimum absolute atomic E-state index is 0.101. The number of nitrogens with one attached hydrogen (secondary N) is 1. The molecule has 2 aromatic rings. The van der Waals surface area contributed by atoms with Crippen molar-refractivity contribution < 1.29 is 9.53 Å². The summed E-state index contributed by atoms with van der Waals surface area (Å²) in [6.07, 6.45) is 5.20. The maximum Gasteiger partial charge on any atom is 0.220 e. The van der Waals surface area contributed by atoms with Crippen LogP contribution in [0.5, 0.6) is 5.75 Å². The molecule has 6 nitrogen and oxygen atoms in total. The normalized spacial score (nSPS) is 11.9. The zero-order chi connectivity index (χ0) is 17.2. The lowest BCUT2D eigenvalue weighted by molar-refractivity contribution is -0.121. The van der Waals surface area contributed by atoms with Gasteiger partial charge in [0.15, 0.2) is 0 Å². The van der Waals surface area contributed by atoms with Crippen molar-refractivity contribution in [3.63, 3.8) is 0 Å². The molecule has 0 spiro atoms. The Hall–Kier alpha value is -2.37. The van der Waals surface area contributed by atoms with Gasteiger partial charge < -0.3 is 10.1 Å². The molecular weight excluding hydrogens is 304 g/mol. The SMILES string of the molecule is CCC[C@@H](C)NC(=O)CCCn1cc(COc2ccccc2)nn1. The topological polar surface area (TPSA) is 69.0 Å². The standard InChI is InChI=1S/C18H26N4O2/c1-3-8-15(2)19-18(23)11-7-12-22-13-16(20-21-22)14-24-17-9-5-4-6-10-17/h4-6,9-10,13,15H,3,7-8,11-12,14H2,1-2H3,(H,19,23)/t15-/m1/s1. The Labute approximate surface area is 143 Å². The van der Waals surface area contributed by atoms with Crippen LogP contribution in [0.3, 0.4) is 0 Å². The maximum atomic E-state index is 11.8. The van der Waals surface area contributed by atoms with Gasteiger partial charge in [-0.15, -0.1) is 5.10 Å². The molecule has 1 aromatic heterocycles. The number of carbonyl (C=O) groups excluding carboxylic acids is 1. The molecule has 1 N–H and O–H groups in total. The first-order valence-electron chi connectivity index (χ1n) is 8.53. The van der Waals surface area contributed by atoms with Crippen LogP contribution >= 0.6 is 0 Å². The van der Waals surface area contributed by atoms with Gasteiger partial charge in [0.2, 0.25) is 5.91 Å². The minimum atomic E-state index is 0.101. The van der Waals surface area contributed by atoms with E-state index in [4.69, 9.17) is 4.74 Å². The van der Waals surface area contributed by atoms with Crippen molar-refractivity contribution in [3.8, 4) is 5.75 Å². The zero-order valence-electron chi connectivity index (χ0n) is 14.4. The molecule has 1 heterocycles. The van der Waals surface area contributed by atoms with Crippen LogP contribution < -0.4 is 10.1 Å². The summed E-state index contributed by atoms with van der Waals surface area (Å²) in [7, 11) is 0. The molecule has 0 unspecified atom stereocenters. The highest BCUT2D eigenvalue weighted by Crippen LogP contribution is 2.10. The number of nitrogens with zero attached hydrogens (tertiary/aromatic N) is 3. The smallest absolute Gasteiger partial charge is 0.220 e. The van der Waals surface area contributed by atoms with Gasteiger partial charge in [-0.3, -0.25) is 9.48 Å². The number of aromatic nitrogens is 3. The van der Waals surface area contributed by atoms with E-state index >= 15 is 0 Å². The van der Waals surface area contributed by atoms with Gasteiger partial charge in [-0.25, -0.2) is 0 Å². The maximum absolute atomic E-state index is 11.8. The number of carbonyl (C=O) groups is 1. The van der Waals surface area contributed by atoms with Crippen LogP contribution in [-0.4, -0.2) is 26.9 Å². The zero-order valence-corrected chi connectivity index (χ0v) is 14.4. The molecule has 1 aromatic carbocycles. The number of hydrogen-bond donors (Lipinski definition) is 1. The average Bonchev–Trinajstić information content (AvgIpc) is 3.02. The van der Waals surface area contributed by atoms with E-state index in [2.05, 4.69) is 22.6 Å². The van der Waals surface area contributed by atoms with E-state index in [-0.39, 0.29) is 11.9 Å². The Bertz CT molecular complexity index is 612. The van der Waals surface area contributed by atoms with Crippen LogP contribution in [0.2, 0.25) is 0 Å². The average molecular weight is 330 g/mol. The molecular formula is C18H26N4O2. The summed E-state index contributed by atoms with van der Waals surface area (Å²) in [6, 6.07) is 9.86. The predicted molar refractivity (Wildman–Crippen MR) is 92.5 cm³/mol. The van der Waals surface area contributed by atoms with Gasteiger partial charge in [-0.1, -0.05) is 36.8 Å². The number of rotatable bonds is 10. The fourth-order valence-corrected chi connectivity index (χ4v) is 2.44. The molecule has 1 atom stereocenters. The second-order valence-electron chi connectivity index (χ2n) is 5.94. The van der Waals surface area contributed by atoms with Crippen LogP contribution in [0.15, 0.2) is 36.5 Å². The first kappa shape index (κ1) is 18.0. The highest BCUT2D eigenvalue weighted by molar-refractivity contribution is 5.76. The molecule has 0 saturated heterocycles. The molecule has 0 fully saturated rings. The molecule has 24 heavy (non-hydrogen) atoms. The van der Waals surface area contributed by atoms with Crippen LogP contribution in [0, 0.1) is 0 Å². The van der Waals surface area contributed by atoms with Gasteiger partial charge in [-0.2, -0.15) is 0 Å². The number of ether oxygens (including phenoxy) is 1.